The highest BCUT2D eigenvalue weighted by Crippen LogP contribution is 2.24. The van der Waals surface area contributed by atoms with E-state index in [4.69, 9.17) is 4.42 Å². The van der Waals surface area contributed by atoms with Crippen LogP contribution in [0.5, 0.6) is 0 Å². The Balaban J connectivity index is 1.47. The molecule has 0 atom stereocenters. The number of anilines is 1. The summed E-state index contributed by atoms with van der Waals surface area (Å²) < 4.78 is 19.7. The van der Waals surface area contributed by atoms with Gasteiger partial charge >= 0.3 is 0 Å². The largest absolute Gasteiger partial charge is 0.453 e. The molecule has 146 valence electrons. The zero-order valence-electron chi connectivity index (χ0n) is 15.8. The molecule has 0 aliphatic heterocycles. The minimum atomic E-state index is -0.600. The molecule has 5 heteroatoms. The molecule has 0 aliphatic rings. The second kappa shape index (κ2) is 7.12. The predicted octanol–water partition coefficient (Wildman–Crippen LogP) is 5.42. The van der Waals surface area contributed by atoms with Crippen LogP contribution < -0.4 is 10.7 Å². The van der Waals surface area contributed by atoms with Gasteiger partial charge in [0.15, 0.2) is 11.4 Å². The van der Waals surface area contributed by atoms with E-state index in [1.54, 1.807) is 18.2 Å². The second-order valence-electron chi connectivity index (χ2n) is 7.12. The van der Waals surface area contributed by atoms with E-state index < -0.39 is 5.82 Å². The SMILES string of the molecule is O=C(Cc1cccc2ccccc12)Nc1ccc2c(=O)c3cccc(F)c3oc2c1. The van der Waals surface area contributed by atoms with Crippen molar-refractivity contribution in [2.75, 3.05) is 5.32 Å². The average Bonchev–Trinajstić information content (AvgIpc) is 2.75. The summed E-state index contributed by atoms with van der Waals surface area (Å²) in [6.07, 6.45) is 0.204. The van der Waals surface area contributed by atoms with Gasteiger partial charge in [-0.2, -0.15) is 0 Å². The number of para-hydroxylation sites is 1. The van der Waals surface area contributed by atoms with Gasteiger partial charge in [0.05, 0.1) is 17.2 Å². The lowest BCUT2D eigenvalue weighted by atomic mass is 10.0. The van der Waals surface area contributed by atoms with E-state index in [1.165, 1.54) is 18.2 Å². The quantitative estimate of drug-likeness (QED) is 0.414. The minimum absolute atomic E-state index is 0.0887. The fourth-order valence-corrected chi connectivity index (χ4v) is 3.74. The lowest BCUT2D eigenvalue weighted by Crippen LogP contribution is -2.14. The van der Waals surface area contributed by atoms with Gasteiger partial charge in [-0.25, -0.2) is 4.39 Å². The normalized spacial score (nSPS) is 11.2. The van der Waals surface area contributed by atoms with Crippen LogP contribution in [0.1, 0.15) is 5.56 Å². The molecule has 4 aromatic carbocycles. The van der Waals surface area contributed by atoms with Crippen molar-refractivity contribution in [2.24, 2.45) is 0 Å². The Morgan fingerprint density at radius 2 is 1.63 bits per heavy atom. The zero-order chi connectivity index (χ0) is 20.7. The van der Waals surface area contributed by atoms with Crippen molar-refractivity contribution in [3.8, 4) is 0 Å². The maximum absolute atomic E-state index is 14.1. The van der Waals surface area contributed by atoms with E-state index in [9.17, 15) is 14.0 Å². The standard InChI is InChI=1S/C25H16FNO3/c26-21-10-4-9-20-24(29)19-12-11-17(14-22(19)30-25(20)21)27-23(28)13-16-7-3-6-15-5-1-2-8-18(15)16/h1-12,14H,13H2,(H,27,28). The molecule has 1 aromatic heterocycles. The summed E-state index contributed by atoms with van der Waals surface area (Å²) in [7, 11) is 0. The molecular weight excluding hydrogens is 381 g/mol. The van der Waals surface area contributed by atoms with Gasteiger partial charge in [-0.15, -0.1) is 0 Å². The first-order valence-corrected chi connectivity index (χ1v) is 9.52. The Bertz CT molecular complexity index is 1500. The number of carbonyl (C=O) groups is 1. The third-order valence-corrected chi connectivity index (χ3v) is 5.16. The first kappa shape index (κ1) is 18.1. The number of halogens is 1. The Hall–Kier alpha value is -3.99. The lowest BCUT2D eigenvalue weighted by molar-refractivity contribution is -0.115. The highest BCUT2D eigenvalue weighted by Gasteiger charge is 2.13. The van der Waals surface area contributed by atoms with Gasteiger partial charge in [0.25, 0.3) is 0 Å². The van der Waals surface area contributed by atoms with Crippen LogP contribution >= 0.6 is 0 Å². The third-order valence-electron chi connectivity index (χ3n) is 5.16. The molecule has 0 aliphatic carbocycles. The molecule has 0 fully saturated rings. The number of amides is 1. The van der Waals surface area contributed by atoms with Crippen molar-refractivity contribution in [1.82, 2.24) is 0 Å². The zero-order valence-corrected chi connectivity index (χ0v) is 15.8. The number of hydrogen-bond donors (Lipinski definition) is 1. The molecule has 1 amide bonds. The number of benzene rings is 4. The molecule has 0 saturated heterocycles. The molecule has 0 bridgehead atoms. The summed E-state index contributed by atoms with van der Waals surface area (Å²) in [5, 5.41) is 5.46. The van der Waals surface area contributed by atoms with E-state index in [-0.39, 0.29) is 34.3 Å². The van der Waals surface area contributed by atoms with E-state index in [2.05, 4.69) is 5.32 Å². The molecule has 30 heavy (non-hydrogen) atoms. The Morgan fingerprint density at radius 1 is 0.867 bits per heavy atom. The van der Waals surface area contributed by atoms with Crippen LogP contribution in [0.2, 0.25) is 0 Å². The van der Waals surface area contributed by atoms with Gasteiger partial charge in [-0.3, -0.25) is 9.59 Å². The number of fused-ring (bicyclic) bond motifs is 3. The van der Waals surface area contributed by atoms with Crippen molar-refractivity contribution < 1.29 is 13.6 Å². The summed E-state index contributed by atoms with van der Waals surface area (Å²) in [6.45, 7) is 0. The minimum Gasteiger partial charge on any atom is -0.453 e. The van der Waals surface area contributed by atoms with Crippen molar-refractivity contribution in [3.63, 3.8) is 0 Å². The van der Waals surface area contributed by atoms with Crippen molar-refractivity contribution in [3.05, 3.63) is 100 Å². The van der Waals surface area contributed by atoms with Crippen LogP contribution in [-0.2, 0) is 11.2 Å². The number of nitrogens with one attached hydrogen (secondary N) is 1. The van der Waals surface area contributed by atoms with Crippen LogP contribution in [0.15, 0.2) is 88.1 Å². The van der Waals surface area contributed by atoms with Gasteiger partial charge < -0.3 is 9.73 Å². The predicted molar refractivity (Wildman–Crippen MR) is 116 cm³/mol. The van der Waals surface area contributed by atoms with E-state index in [1.807, 2.05) is 42.5 Å². The van der Waals surface area contributed by atoms with E-state index in [0.29, 0.717) is 11.1 Å². The fourth-order valence-electron chi connectivity index (χ4n) is 3.74. The molecule has 0 saturated carbocycles. The van der Waals surface area contributed by atoms with Gasteiger partial charge in [-0.05, 0) is 40.6 Å². The van der Waals surface area contributed by atoms with Gasteiger partial charge in [0, 0.05) is 11.8 Å². The Labute approximate surface area is 170 Å². The Kier molecular flexibility index (Phi) is 4.29. The molecule has 4 nitrogen and oxygen atoms in total. The van der Waals surface area contributed by atoms with Crippen LogP contribution in [0.4, 0.5) is 10.1 Å². The smallest absolute Gasteiger partial charge is 0.228 e. The van der Waals surface area contributed by atoms with Gasteiger partial charge in [-0.1, -0.05) is 48.5 Å². The number of hydrogen-bond acceptors (Lipinski definition) is 3. The molecule has 0 radical (unpaired) electrons. The summed E-state index contributed by atoms with van der Waals surface area (Å²) in [6, 6.07) is 22.8. The summed E-state index contributed by atoms with van der Waals surface area (Å²) >= 11 is 0. The number of carbonyl (C=O) groups excluding carboxylic acids is 1. The van der Waals surface area contributed by atoms with Crippen molar-refractivity contribution >= 4 is 44.3 Å². The summed E-state index contributed by atoms with van der Waals surface area (Å²) in [5.74, 6) is -0.795. The second-order valence-corrected chi connectivity index (χ2v) is 7.12. The first-order valence-electron chi connectivity index (χ1n) is 9.52. The van der Waals surface area contributed by atoms with Gasteiger partial charge in [0.1, 0.15) is 5.58 Å². The maximum Gasteiger partial charge on any atom is 0.228 e. The summed E-state index contributed by atoms with van der Waals surface area (Å²) in [5.41, 5.74) is 1.23. The average molecular weight is 397 g/mol. The molecular formula is C25H16FNO3. The maximum atomic E-state index is 14.1. The molecule has 1 heterocycles. The van der Waals surface area contributed by atoms with Gasteiger partial charge in [0.2, 0.25) is 11.3 Å². The topological polar surface area (TPSA) is 59.3 Å². The molecule has 5 rings (SSSR count). The van der Waals surface area contributed by atoms with Crippen LogP contribution in [0.3, 0.4) is 0 Å². The first-order chi connectivity index (χ1) is 14.6. The van der Waals surface area contributed by atoms with Crippen LogP contribution in [-0.4, -0.2) is 5.91 Å². The van der Waals surface area contributed by atoms with E-state index >= 15 is 0 Å². The highest BCUT2D eigenvalue weighted by molar-refractivity contribution is 5.98. The number of rotatable bonds is 3. The summed E-state index contributed by atoms with van der Waals surface area (Å²) in [4.78, 5) is 25.3. The third kappa shape index (κ3) is 3.10. The van der Waals surface area contributed by atoms with Crippen molar-refractivity contribution in [2.45, 2.75) is 6.42 Å². The molecule has 0 unspecified atom stereocenters. The van der Waals surface area contributed by atoms with Crippen molar-refractivity contribution in [1.29, 1.82) is 0 Å². The van der Waals surface area contributed by atoms with Crippen LogP contribution in [0.25, 0.3) is 32.7 Å². The molecule has 5 aromatic rings. The lowest BCUT2D eigenvalue weighted by Gasteiger charge is -2.09. The van der Waals surface area contributed by atoms with E-state index in [0.717, 1.165) is 16.3 Å². The fraction of sp³-hybridized carbons (Fsp3) is 0.0400. The molecule has 1 N–H and O–H groups in total. The Morgan fingerprint density at radius 3 is 2.53 bits per heavy atom. The highest BCUT2D eigenvalue weighted by atomic mass is 19.1. The molecule has 0 spiro atoms. The van der Waals surface area contributed by atoms with Crippen LogP contribution in [0, 0.1) is 5.82 Å². The monoisotopic (exact) mass is 397 g/mol.